The van der Waals surface area contributed by atoms with E-state index in [1.54, 1.807) is 0 Å². The van der Waals surface area contributed by atoms with Gasteiger partial charge in [0.05, 0.1) is 21.3 Å². The van der Waals surface area contributed by atoms with Crippen LogP contribution < -0.4 is 9.46 Å². The molecule has 0 saturated heterocycles. The molecule has 4 nitrogen and oxygen atoms in total. The molecular weight excluding hydrogens is 434 g/mol. The second-order valence-electron chi connectivity index (χ2n) is 4.12. The van der Waals surface area contributed by atoms with Gasteiger partial charge in [0, 0.05) is 6.07 Å². The lowest BCUT2D eigenvalue weighted by atomic mass is 10.3. The number of ether oxygens (including phenoxy) is 1. The molecule has 0 heterocycles. The Morgan fingerprint density at radius 3 is 2.36 bits per heavy atom. The van der Waals surface area contributed by atoms with Crippen LogP contribution in [0.3, 0.4) is 0 Å². The predicted molar refractivity (Wildman–Crippen MR) is 82.8 cm³/mol. The summed E-state index contributed by atoms with van der Waals surface area (Å²) in [7, 11) is -2.99. The highest BCUT2D eigenvalue weighted by molar-refractivity contribution is 14.1. The second-order valence-corrected chi connectivity index (χ2v) is 6.89. The lowest BCUT2D eigenvalue weighted by Crippen LogP contribution is -2.15. The maximum Gasteiger partial charge on any atom is 0.262 e. The number of halogens is 4. The minimum absolute atomic E-state index is 0.267. The Morgan fingerprint density at radius 2 is 1.73 bits per heavy atom. The summed E-state index contributed by atoms with van der Waals surface area (Å²) in [5.41, 5.74) is -0.408. The van der Waals surface area contributed by atoms with Crippen LogP contribution in [0.4, 0.5) is 18.9 Å². The predicted octanol–water partition coefficient (Wildman–Crippen LogP) is 3.52. The number of nitrogens with one attached hydrogen (secondary N) is 1. The van der Waals surface area contributed by atoms with Gasteiger partial charge in [0.1, 0.15) is 5.82 Å². The molecule has 0 aliphatic heterocycles. The highest BCUT2D eigenvalue weighted by Gasteiger charge is 2.20. The zero-order chi connectivity index (χ0) is 16.5. The summed E-state index contributed by atoms with van der Waals surface area (Å²) in [5.74, 6) is -2.83. The summed E-state index contributed by atoms with van der Waals surface area (Å²) < 4.78 is 71.0. The van der Waals surface area contributed by atoms with Crippen molar-refractivity contribution in [3.63, 3.8) is 0 Å². The van der Waals surface area contributed by atoms with Crippen LogP contribution in [0, 0.1) is 21.0 Å². The molecule has 2 aromatic carbocycles. The molecule has 1 N–H and O–H groups in total. The van der Waals surface area contributed by atoms with E-state index in [2.05, 4.69) is 0 Å². The monoisotopic (exact) mass is 443 g/mol. The highest BCUT2D eigenvalue weighted by atomic mass is 127. The Hall–Kier alpha value is -1.49. The average molecular weight is 443 g/mol. The van der Waals surface area contributed by atoms with Gasteiger partial charge in [-0.3, -0.25) is 4.72 Å². The van der Waals surface area contributed by atoms with Crippen molar-refractivity contribution in [2.24, 2.45) is 0 Å². The van der Waals surface area contributed by atoms with E-state index in [1.807, 2.05) is 4.72 Å². The molecule has 2 aromatic rings. The van der Waals surface area contributed by atoms with Gasteiger partial charge in [-0.2, -0.15) is 0 Å². The van der Waals surface area contributed by atoms with E-state index in [-0.39, 0.29) is 14.2 Å². The first-order valence-electron chi connectivity index (χ1n) is 5.76. The molecule has 9 heteroatoms. The normalized spacial score (nSPS) is 11.3. The largest absolute Gasteiger partial charge is 0.494 e. The van der Waals surface area contributed by atoms with Crippen LogP contribution in [-0.4, -0.2) is 15.5 Å². The summed E-state index contributed by atoms with van der Waals surface area (Å²) >= 11 is 1.42. The fourth-order valence-electron chi connectivity index (χ4n) is 1.62. The van der Waals surface area contributed by atoms with Gasteiger partial charge in [0.25, 0.3) is 10.0 Å². The third kappa shape index (κ3) is 3.29. The number of benzene rings is 2. The lowest BCUT2D eigenvalue weighted by Gasteiger charge is -2.11. The molecule has 0 spiro atoms. The van der Waals surface area contributed by atoms with Gasteiger partial charge in [0.2, 0.25) is 0 Å². The van der Waals surface area contributed by atoms with Gasteiger partial charge in [0.15, 0.2) is 17.4 Å². The zero-order valence-electron chi connectivity index (χ0n) is 11.0. The molecule has 0 saturated carbocycles. The van der Waals surface area contributed by atoms with Crippen molar-refractivity contribution >= 4 is 38.3 Å². The fraction of sp³-hybridized carbons (Fsp3) is 0.0769. The summed E-state index contributed by atoms with van der Waals surface area (Å²) in [6.45, 7) is 0. The van der Waals surface area contributed by atoms with Crippen LogP contribution in [0.15, 0.2) is 35.2 Å². The van der Waals surface area contributed by atoms with Gasteiger partial charge in [-0.05, 0) is 46.9 Å². The molecule has 0 aliphatic carbocycles. The van der Waals surface area contributed by atoms with Crippen molar-refractivity contribution in [1.29, 1.82) is 0 Å². The summed E-state index contributed by atoms with van der Waals surface area (Å²) in [6.07, 6.45) is 0. The van der Waals surface area contributed by atoms with Gasteiger partial charge in [-0.25, -0.2) is 21.6 Å². The number of anilines is 1. The van der Waals surface area contributed by atoms with E-state index in [9.17, 15) is 21.6 Å². The smallest absolute Gasteiger partial charge is 0.262 e. The first-order chi connectivity index (χ1) is 10.3. The van der Waals surface area contributed by atoms with Gasteiger partial charge in [-0.1, -0.05) is 0 Å². The molecule has 0 radical (unpaired) electrons. The number of rotatable bonds is 4. The Bertz CT molecular complexity index is 828. The molecule has 0 fully saturated rings. The number of sulfonamides is 1. The van der Waals surface area contributed by atoms with Crippen LogP contribution in [-0.2, 0) is 10.0 Å². The van der Waals surface area contributed by atoms with Crippen LogP contribution in [0.1, 0.15) is 0 Å². The molecule has 22 heavy (non-hydrogen) atoms. The SMILES string of the molecule is COc1cc(S(=O)(=O)Nc2ccc(F)c(I)c2F)ccc1F. The van der Waals surface area contributed by atoms with Crippen molar-refractivity contribution in [2.75, 3.05) is 11.8 Å². The molecule has 0 aromatic heterocycles. The van der Waals surface area contributed by atoms with E-state index < -0.39 is 33.2 Å². The van der Waals surface area contributed by atoms with Gasteiger partial charge >= 0.3 is 0 Å². The number of hydrogen-bond acceptors (Lipinski definition) is 3. The van der Waals surface area contributed by atoms with E-state index in [0.29, 0.717) is 0 Å². The second kappa shape index (κ2) is 6.32. The first kappa shape index (κ1) is 16.9. The maximum atomic E-state index is 13.9. The van der Waals surface area contributed by atoms with E-state index in [0.717, 1.165) is 30.3 Å². The van der Waals surface area contributed by atoms with Crippen LogP contribution in [0.2, 0.25) is 0 Å². The molecule has 2 rings (SSSR count). The number of methoxy groups -OCH3 is 1. The van der Waals surface area contributed by atoms with E-state index in [4.69, 9.17) is 4.74 Å². The molecule has 0 unspecified atom stereocenters. The molecule has 0 bridgehead atoms. The Morgan fingerprint density at radius 1 is 1.09 bits per heavy atom. The minimum atomic E-state index is -4.18. The maximum absolute atomic E-state index is 13.9. The fourth-order valence-corrected chi connectivity index (χ4v) is 3.16. The molecule has 0 atom stereocenters. The summed E-state index contributed by atoms with van der Waals surface area (Å²) in [6, 6.07) is 4.79. The van der Waals surface area contributed by atoms with Crippen LogP contribution >= 0.6 is 22.6 Å². The molecular formula is C13H9F3INO3S. The molecule has 118 valence electrons. The first-order valence-corrected chi connectivity index (χ1v) is 8.32. The van der Waals surface area contributed by atoms with Crippen LogP contribution in [0.5, 0.6) is 5.75 Å². The molecule has 0 amide bonds. The summed E-state index contributed by atoms with van der Waals surface area (Å²) in [4.78, 5) is -0.315. The van der Waals surface area contributed by atoms with Crippen molar-refractivity contribution in [2.45, 2.75) is 4.90 Å². The Labute approximate surface area is 138 Å². The zero-order valence-corrected chi connectivity index (χ0v) is 14.0. The number of hydrogen-bond donors (Lipinski definition) is 1. The summed E-state index contributed by atoms with van der Waals surface area (Å²) in [5, 5.41) is 0. The van der Waals surface area contributed by atoms with E-state index in [1.165, 1.54) is 29.7 Å². The quantitative estimate of drug-likeness (QED) is 0.582. The van der Waals surface area contributed by atoms with Crippen LogP contribution in [0.25, 0.3) is 0 Å². The Kier molecular flexibility index (Phi) is 4.85. The van der Waals surface area contributed by atoms with Gasteiger partial charge in [-0.15, -0.1) is 0 Å². The minimum Gasteiger partial charge on any atom is -0.494 e. The highest BCUT2D eigenvalue weighted by Crippen LogP contribution is 2.27. The van der Waals surface area contributed by atoms with Crippen molar-refractivity contribution in [3.05, 3.63) is 51.4 Å². The topological polar surface area (TPSA) is 55.4 Å². The van der Waals surface area contributed by atoms with Crippen molar-refractivity contribution < 1.29 is 26.3 Å². The molecule has 0 aliphatic rings. The van der Waals surface area contributed by atoms with Crippen molar-refractivity contribution in [3.8, 4) is 5.75 Å². The Balaban J connectivity index is 2.42. The van der Waals surface area contributed by atoms with Gasteiger partial charge < -0.3 is 4.74 Å². The third-order valence-electron chi connectivity index (χ3n) is 2.71. The average Bonchev–Trinajstić information content (AvgIpc) is 2.48. The third-order valence-corrected chi connectivity index (χ3v) is 5.06. The standard InChI is InChI=1S/C13H9F3INO3S/c1-21-11-6-7(2-3-8(11)14)22(19,20)18-10-5-4-9(15)13(17)12(10)16/h2-6,18H,1H3. The van der Waals surface area contributed by atoms with E-state index >= 15 is 0 Å². The van der Waals surface area contributed by atoms with Crippen molar-refractivity contribution in [1.82, 2.24) is 0 Å². The lowest BCUT2D eigenvalue weighted by molar-refractivity contribution is 0.385.